The summed E-state index contributed by atoms with van der Waals surface area (Å²) in [5.41, 5.74) is 3.82. The van der Waals surface area contributed by atoms with E-state index in [2.05, 4.69) is 60.4 Å². The third kappa shape index (κ3) is 1.91. The van der Waals surface area contributed by atoms with Crippen LogP contribution in [0.25, 0.3) is 0 Å². The Morgan fingerprint density at radius 3 is 2.82 bits per heavy atom. The van der Waals surface area contributed by atoms with Gasteiger partial charge in [-0.1, -0.05) is 23.9 Å². The number of para-hydroxylation sites is 1. The van der Waals surface area contributed by atoms with Crippen LogP contribution >= 0.6 is 11.8 Å². The minimum absolute atomic E-state index is 1.02. The summed E-state index contributed by atoms with van der Waals surface area (Å²) in [5.74, 6) is 0. The zero-order valence-corrected chi connectivity index (χ0v) is 10.8. The van der Waals surface area contributed by atoms with Gasteiger partial charge in [0.15, 0.2) is 5.71 Å². The van der Waals surface area contributed by atoms with Crippen LogP contribution in [0.1, 0.15) is 6.42 Å². The van der Waals surface area contributed by atoms with Crippen molar-refractivity contribution in [3.8, 4) is 0 Å². The third-order valence-corrected chi connectivity index (χ3v) is 4.24. The highest BCUT2D eigenvalue weighted by Gasteiger charge is 2.22. The minimum Gasteiger partial charge on any atom is -0.354 e. The summed E-state index contributed by atoms with van der Waals surface area (Å²) in [6.45, 7) is 0. The molecule has 1 aliphatic carbocycles. The zero-order valence-electron chi connectivity index (χ0n) is 10.0. The molecule has 0 spiro atoms. The van der Waals surface area contributed by atoms with E-state index in [0.29, 0.717) is 0 Å². The van der Waals surface area contributed by atoms with Crippen LogP contribution in [0.15, 0.2) is 51.9 Å². The second-order valence-electron chi connectivity index (χ2n) is 4.46. The highest BCUT2D eigenvalue weighted by molar-refractivity contribution is 8.03. The molecule has 2 aliphatic rings. The van der Waals surface area contributed by atoms with Gasteiger partial charge in [-0.05, 0) is 18.2 Å². The molecule has 1 aromatic rings. The fourth-order valence-electron chi connectivity index (χ4n) is 2.04. The summed E-state index contributed by atoms with van der Waals surface area (Å²) in [7, 11) is 4.19. The van der Waals surface area contributed by atoms with Crippen LogP contribution in [0.5, 0.6) is 0 Å². The summed E-state index contributed by atoms with van der Waals surface area (Å²) in [6.07, 6.45) is 5.39. The number of nitrogens with zero attached hydrogens (tertiary/aromatic N) is 1. The van der Waals surface area contributed by atoms with Crippen molar-refractivity contribution in [3.63, 3.8) is 0 Å². The monoisotopic (exact) mass is 243 g/mol. The van der Waals surface area contributed by atoms with E-state index in [1.54, 1.807) is 0 Å². The van der Waals surface area contributed by atoms with Gasteiger partial charge in [0, 0.05) is 21.6 Å². The summed E-state index contributed by atoms with van der Waals surface area (Å²) >= 11 is 1.88. The van der Waals surface area contributed by atoms with Crippen LogP contribution in [0.3, 0.4) is 0 Å². The van der Waals surface area contributed by atoms with Gasteiger partial charge < -0.3 is 5.32 Å². The first-order chi connectivity index (χ1) is 8.24. The van der Waals surface area contributed by atoms with Crippen LogP contribution in [0.4, 0.5) is 5.69 Å². The van der Waals surface area contributed by atoms with E-state index in [1.165, 1.54) is 26.9 Å². The Labute approximate surface area is 106 Å². The minimum atomic E-state index is 1.02. The molecule has 0 unspecified atom stereocenters. The second kappa shape index (κ2) is 4.08. The number of benzene rings is 1. The number of allylic oxidation sites excluding steroid dienone is 3. The van der Waals surface area contributed by atoms with Gasteiger partial charge in [-0.3, -0.25) is 0 Å². The second-order valence-corrected chi connectivity index (χ2v) is 5.59. The molecule has 1 heterocycles. The molecule has 1 aromatic carbocycles. The van der Waals surface area contributed by atoms with Gasteiger partial charge in [-0.15, -0.1) is 0 Å². The normalized spacial score (nSPS) is 17.4. The zero-order chi connectivity index (χ0) is 11.8. The lowest BCUT2D eigenvalue weighted by Gasteiger charge is -2.24. The van der Waals surface area contributed by atoms with Crippen LogP contribution in [-0.4, -0.2) is 24.4 Å². The van der Waals surface area contributed by atoms with Gasteiger partial charge in [0.25, 0.3) is 0 Å². The van der Waals surface area contributed by atoms with Crippen LogP contribution < -0.4 is 5.32 Å². The molecule has 1 aliphatic heterocycles. The maximum atomic E-state index is 3.50. The van der Waals surface area contributed by atoms with E-state index in [9.17, 15) is 0 Å². The number of hydrogen-bond donors (Lipinski definition) is 1. The van der Waals surface area contributed by atoms with E-state index in [-0.39, 0.29) is 0 Å². The highest BCUT2D eigenvalue weighted by atomic mass is 32.2. The maximum Gasteiger partial charge on any atom is 0.180 e. The Kier molecular flexibility index (Phi) is 2.56. The first kappa shape index (κ1) is 10.7. The van der Waals surface area contributed by atoms with Gasteiger partial charge in [-0.2, -0.15) is 0 Å². The molecule has 3 rings (SSSR count). The summed E-state index contributed by atoms with van der Waals surface area (Å²) < 4.78 is 2.18. The molecule has 3 heteroatoms. The Morgan fingerprint density at radius 1 is 1.18 bits per heavy atom. The summed E-state index contributed by atoms with van der Waals surface area (Å²) in [5, 5.41) is 3.50. The van der Waals surface area contributed by atoms with Crippen molar-refractivity contribution in [2.75, 3.05) is 19.4 Å². The average Bonchev–Trinajstić information content (AvgIpc) is 2.35. The first-order valence-corrected chi connectivity index (χ1v) is 6.54. The van der Waals surface area contributed by atoms with Crippen molar-refractivity contribution < 1.29 is 4.58 Å². The van der Waals surface area contributed by atoms with Gasteiger partial charge in [0.05, 0.1) is 12.1 Å². The lowest BCUT2D eigenvalue weighted by Crippen LogP contribution is -2.18. The van der Waals surface area contributed by atoms with Gasteiger partial charge in [-0.25, -0.2) is 4.58 Å². The standard InChI is InChI=1S/C14H15N2S/c1-16(2)10-7-8-12-14(9-10)17-13-6-4-3-5-11(13)15-12/h3-8,15H,9H2,1-2H3/q+1. The molecule has 0 fully saturated rings. The lowest BCUT2D eigenvalue weighted by molar-refractivity contribution is -0.464. The van der Waals surface area contributed by atoms with Crippen molar-refractivity contribution in [1.82, 2.24) is 0 Å². The Morgan fingerprint density at radius 2 is 2.00 bits per heavy atom. The fourth-order valence-corrected chi connectivity index (χ4v) is 3.13. The molecule has 86 valence electrons. The number of nitrogens with one attached hydrogen (secondary N) is 1. The molecule has 2 nitrogen and oxygen atoms in total. The van der Waals surface area contributed by atoms with Crippen molar-refractivity contribution in [2.24, 2.45) is 0 Å². The van der Waals surface area contributed by atoms with Gasteiger partial charge in [0.2, 0.25) is 0 Å². The topological polar surface area (TPSA) is 15.0 Å². The molecular weight excluding hydrogens is 228 g/mol. The summed E-state index contributed by atoms with van der Waals surface area (Å²) in [4.78, 5) is 2.73. The Balaban J connectivity index is 1.97. The molecule has 0 amide bonds. The van der Waals surface area contributed by atoms with Crippen molar-refractivity contribution in [2.45, 2.75) is 11.3 Å². The van der Waals surface area contributed by atoms with Crippen LogP contribution in [-0.2, 0) is 0 Å². The molecule has 0 saturated heterocycles. The SMILES string of the molecule is C[N+](C)=C1C=CC2=C(C1)Sc1ccccc1N2. The lowest BCUT2D eigenvalue weighted by atomic mass is 10.1. The van der Waals surface area contributed by atoms with Gasteiger partial charge >= 0.3 is 0 Å². The fraction of sp³-hybridized carbons (Fsp3) is 0.214. The van der Waals surface area contributed by atoms with Gasteiger partial charge in [0.1, 0.15) is 14.1 Å². The Hall–Kier alpha value is -1.48. The first-order valence-electron chi connectivity index (χ1n) is 5.72. The number of rotatable bonds is 0. The van der Waals surface area contributed by atoms with Crippen molar-refractivity contribution in [1.29, 1.82) is 0 Å². The Bertz CT molecular complexity index is 563. The van der Waals surface area contributed by atoms with Crippen molar-refractivity contribution >= 4 is 23.2 Å². The van der Waals surface area contributed by atoms with Crippen LogP contribution in [0.2, 0.25) is 0 Å². The van der Waals surface area contributed by atoms with E-state index in [1.807, 2.05) is 11.8 Å². The molecule has 0 saturated carbocycles. The average molecular weight is 243 g/mol. The number of hydrogen-bond acceptors (Lipinski definition) is 2. The molecule has 0 aromatic heterocycles. The summed E-state index contributed by atoms with van der Waals surface area (Å²) in [6, 6.07) is 8.46. The predicted octanol–water partition coefficient (Wildman–Crippen LogP) is 3.09. The largest absolute Gasteiger partial charge is 0.354 e. The van der Waals surface area contributed by atoms with E-state index in [4.69, 9.17) is 0 Å². The highest BCUT2D eigenvalue weighted by Crippen LogP contribution is 2.42. The predicted molar refractivity (Wildman–Crippen MR) is 73.8 cm³/mol. The van der Waals surface area contributed by atoms with Crippen LogP contribution in [0, 0.1) is 0 Å². The smallest absolute Gasteiger partial charge is 0.180 e. The maximum absolute atomic E-state index is 3.50. The molecular formula is C14H15N2S+. The molecule has 17 heavy (non-hydrogen) atoms. The van der Waals surface area contributed by atoms with E-state index >= 15 is 0 Å². The molecule has 0 atom stereocenters. The number of anilines is 1. The molecule has 0 radical (unpaired) electrons. The molecule has 0 bridgehead atoms. The van der Waals surface area contributed by atoms with E-state index < -0.39 is 0 Å². The van der Waals surface area contributed by atoms with Crippen molar-refractivity contribution in [3.05, 3.63) is 47.0 Å². The number of fused-ring (bicyclic) bond motifs is 1. The van der Waals surface area contributed by atoms with E-state index in [0.717, 1.165) is 6.42 Å². The molecule has 1 N–H and O–H groups in total. The third-order valence-electron chi connectivity index (χ3n) is 3.05. The number of thioether (sulfide) groups is 1. The quantitative estimate of drug-likeness (QED) is 0.704.